The van der Waals surface area contributed by atoms with Crippen molar-refractivity contribution in [2.75, 3.05) is 5.32 Å². The monoisotopic (exact) mass is 381 g/mol. The van der Waals surface area contributed by atoms with Gasteiger partial charge in [0, 0.05) is 21.8 Å². The fourth-order valence-electron chi connectivity index (χ4n) is 1.84. The number of amides is 1. The molecule has 0 aliphatic rings. The number of ether oxygens (including phenoxy) is 1. The second kappa shape index (κ2) is 8.65. The van der Waals surface area contributed by atoms with E-state index in [1.54, 1.807) is 18.2 Å². The van der Waals surface area contributed by atoms with Gasteiger partial charge in [-0.2, -0.15) is 0 Å². The predicted molar refractivity (Wildman–Crippen MR) is 96.1 cm³/mol. The molecule has 1 N–H and O–H groups in total. The van der Waals surface area contributed by atoms with Crippen molar-refractivity contribution in [1.29, 1.82) is 0 Å². The lowest BCUT2D eigenvalue weighted by atomic mass is 10.2. The normalized spacial score (nSPS) is 12.0. The number of hydrogen-bond acceptors (Lipinski definition) is 3. The molecule has 0 aliphatic heterocycles. The maximum absolute atomic E-state index is 12.8. The molecule has 4 nitrogen and oxygen atoms in total. The first-order valence-electron chi connectivity index (χ1n) is 7.25. The van der Waals surface area contributed by atoms with Crippen molar-refractivity contribution in [3.05, 3.63) is 70.0 Å². The van der Waals surface area contributed by atoms with Gasteiger partial charge in [-0.15, -0.1) is 0 Å². The summed E-state index contributed by atoms with van der Waals surface area (Å²) in [6, 6.07) is 10.1. The molecule has 2 aromatic rings. The van der Waals surface area contributed by atoms with E-state index in [0.717, 1.165) is 6.08 Å². The Labute approximate surface area is 154 Å². The largest absolute Gasteiger partial charge is 0.449 e. The lowest BCUT2D eigenvalue weighted by molar-refractivity contribution is -0.148. The second-order valence-corrected chi connectivity index (χ2v) is 5.92. The van der Waals surface area contributed by atoms with E-state index in [-0.39, 0.29) is 0 Å². The van der Waals surface area contributed by atoms with Gasteiger partial charge >= 0.3 is 5.97 Å². The summed E-state index contributed by atoms with van der Waals surface area (Å²) >= 11 is 11.8. The average molecular weight is 382 g/mol. The summed E-state index contributed by atoms with van der Waals surface area (Å²) in [5, 5.41) is 3.39. The molecule has 0 aliphatic carbocycles. The Balaban J connectivity index is 1.91. The zero-order chi connectivity index (χ0) is 18.4. The smallest absolute Gasteiger partial charge is 0.331 e. The van der Waals surface area contributed by atoms with Gasteiger partial charge in [-0.1, -0.05) is 29.3 Å². The van der Waals surface area contributed by atoms with Crippen molar-refractivity contribution >= 4 is 46.8 Å². The summed E-state index contributed by atoms with van der Waals surface area (Å²) in [6.45, 7) is 1.43. The highest BCUT2D eigenvalue weighted by Crippen LogP contribution is 2.22. The van der Waals surface area contributed by atoms with Gasteiger partial charge < -0.3 is 10.1 Å². The van der Waals surface area contributed by atoms with Crippen molar-refractivity contribution in [2.24, 2.45) is 0 Å². The van der Waals surface area contributed by atoms with Gasteiger partial charge in [0.05, 0.1) is 0 Å². The van der Waals surface area contributed by atoms with Gasteiger partial charge in [-0.05, 0) is 55.0 Å². The Morgan fingerprint density at radius 3 is 2.48 bits per heavy atom. The van der Waals surface area contributed by atoms with Crippen LogP contribution in [0.4, 0.5) is 10.1 Å². The Hall–Kier alpha value is -2.37. The number of anilines is 1. The van der Waals surface area contributed by atoms with Crippen LogP contribution in [0.5, 0.6) is 0 Å². The van der Waals surface area contributed by atoms with E-state index in [4.69, 9.17) is 27.9 Å². The summed E-state index contributed by atoms with van der Waals surface area (Å²) in [7, 11) is 0. The molecule has 130 valence electrons. The molecule has 1 amide bonds. The SMILES string of the molecule is C[C@@H](OC(=O)/C=C/c1ccc(Cl)cc1Cl)C(=O)Nc1ccc(F)cc1. The molecule has 0 saturated carbocycles. The lowest BCUT2D eigenvalue weighted by Crippen LogP contribution is -2.29. The average Bonchev–Trinajstić information content (AvgIpc) is 2.56. The van der Waals surface area contributed by atoms with Gasteiger partial charge in [-0.3, -0.25) is 4.79 Å². The highest BCUT2D eigenvalue weighted by molar-refractivity contribution is 6.35. The number of rotatable bonds is 5. The Bertz CT molecular complexity index is 806. The van der Waals surface area contributed by atoms with Crippen molar-refractivity contribution in [3.8, 4) is 0 Å². The first-order valence-corrected chi connectivity index (χ1v) is 8.01. The third-order valence-electron chi connectivity index (χ3n) is 3.14. The van der Waals surface area contributed by atoms with Crippen LogP contribution in [0.25, 0.3) is 6.08 Å². The number of halogens is 3. The molecule has 2 rings (SSSR count). The van der Waals surface area contributed by atoms with Crippen LogP contribution in [0, 0.1) is 5.82 Å². The molecule has 0 aromatic heterocycles. The number of nitrogens with one attached hydrogen (secondary N) is 1. The van der Waals surface area contributed by atoms with Crippen LogP contribution in [0.1, 0.15) is 12.5 Å². The molecular weight excluding hydrogens is 368 g/mol. The fourth-order valence-corrected chi connectivity index (χ4v) is 2.31. The molecule has 0 heterocycles. The number of hydrogen-bond donors (Lipinski definition) is 1. The van der Waals surface area contributed by atoms with Crippen molar-refractivity contribution < 1.29 is 18.7 Å². The Morgan fingerprint density at radius 1 is 1.16 bits per heavy atom. The first kappa shape index (κ1) is 19.0. The first-order chi connectivity index (χ1) is 11.8. The summed E-state index contributed by atoms with van der Waals surface area (Å²) in [6.07, 6.45) is 1.60. The van der Waals surface area contributed by atoms with Crippen LogP contribution in [0.3, 0.4) is 0 Å². The van der Waals surface area contributed by atoms with Crippen LogP contribution in [-0.2, 0) is 14.3 Å². The van der Waals surface area contributed by atoms with E-state index in [9.17, 15) is 14.0 Å². The van der Waals surface area contributed by atoms with Crippen molar-refractivity contribution in [3.63, 3.8) is 0 Å². The Kier molecular flexibility index (Phi) is 6.56. The van der Waals surface area contributed by atoms with Crippen LogP contribution in [0.15, 0.2) is 48.5 Å². The molecule has 0 spiro atoms. The maximum atomic E-state index is 12.8. The highest BCUT2D eigenvalue weighted by Gasteiger charge is 2.16. The van der Waals surface area contributed by atoms with Crippen LogP contribution >= 0.6 is 23.2 Å². The molecule has 0 unspecified atom stereocenters. The minimum absolute atomic E-state index is 0.388. The van der Waals surface area contributed by atoms with Crippen LogP contribution < -0.4 is 5.32 Å². The Morgan fingerprint density at radius 2 is 1.84 bits per heavy atom. The number of carbonyl (C=O) groups is 2. The third kappa shape index (κ3) is 5.89. The molecule has 0 radical (unpaired) electrons. The topological polar surface area (TPSA) is 55.4 Å². The van der Waals surface area contributed by atoms with E-state index >= 15 is 0 Å². The minimum Gasteiger partial charge on any atom is -0.449 e. The van der Waals surface area contributed by atoms with Gasteiger partial charge in [-0.25, -0.2) is 9.18 Å². The fraction of sp³-hybridized carbons (Fsp3) is 0.111. The zero-order valence-electron chi connectivity index (χ0n) is 13.1. The van der Waals surface area contributed by atoms with Gasteiger partial charge in [0.15, 0.2) is 6.10 Å². The number of carbonyl (C=O) groups excluding carboxylic acids is 2. The summed E-state index contributed by atoms with van der Waals surface area (Å²) in [4.78, 5) is 23.8. The lowest BCUT2D eigenvalue weighted by Gasteiger charge is -2.12. The maximum Gasteiger partial charge on any atom is 0.331 e. The quantitative estimate of drug-likeness (QED) is 0.602. The summed E-state index contributed by atoms with van der Waals surface area (Å²) in [5.74, 6) is -1.64. The van der Waals surface area contributed by atoms with Crippen molar-refractivity contribution in [2.45, 2.75) is 13.0 Å². The molecule has 2 aromatic carbocycles. The minimum atomic E-state index is -1.03. The van der Waals surface area contributed by atoms with Gasteiger partial charge in [0.1, 0.15) is 5.82 Å². The van der Waals surface area contributed by atoms with E-state index in [2.05, 4.69) is 5.32 Å². The number of esters is 1. The second-order valence-electron chi connectivity index (χ2n) is 5.07. The molecule has 25 heavy (non-hydrogen) atoms. The molecule has 1 atom stereocenters. The van der Waals surface area contributed by atoms with Crippen LogP contribution in [-0.4, -0.2) is 18.0 Å². The highest BCUT2D eigenvalue weighted by atomic mass is 35.5. The molecule has 7 heteroatoms. The van der Waals surface area contributed by atoms with E-state index in [1.807, 2.05) is 0 Å². The van der Waals surface area contributed by atoms with Gasteiger partial charge in [0.25, 0.3) is 5.91 Å². The summed E-state index contributed by atoms with van der Waals surface area (Å²) < 4.78 is 17.8. The summed E-state index contributed by atoms with van der Waals surface area (Å²) in [5.41, 5.74) is 0.990. The standard InChI is InChI=1S/C18H14Cl2FNO3/c1-11(18(24)22-15-7-5-14(21)6-8-15)25-17(23)9-3-12-2-4-13(19)10-16(12)20/h2-11H,1H3,(H,22,24)/b9-3+/t11-/m1/s1. The number of benzene rings is 2. The molecule has 0 bridgehead atoms. The van der Waals surface area contributed by atoms with E-state index in [1.165, 1.54) is 37.3 Å². The molecular formula is C18H14Cl2FNO3. The van der Waals surface area contributed by atoms with Crippen LogP contribution in [0.2, 0.25) is 10.0 Å². The van der Waals surface area contributed by atoms with Crippen molar-refractivity contribution in [1.82, 2.24) is 0 Å². The van der Waals surface area contributed by atoms with Gasteiger partial charge in [0.2, 0.25) is 0 Å². The zero-order valence-corrected chi connectivity index (χ0v) is 14.6. The van der Waals surface area contributed by atoms with E-state index < -0.39 is 23.8 Å². The predicted octanol–water partition coefficient (Wildman–Crippen LogP) is 4.72. The van der Waals surface area contributed by atoms with E-state index in [0.29, 0.717) is 21.3 Å². The molecule has 0 saturated heterocycles. The molecule has 0 fully saturated rings. The third-order valence-corrected chi connectivity index (χ3v) is 3.70.